The molecule has 0 atom stereocenters. The fourth-order valence-electron chi connectivity index (χ4n) is 4.23. The highest BCUT2D eigenvalue weighted by Crippen LogP contribution is 2.30. The lowest BCUT2D eigenvalue weighted by Gasteiger charge is -2.25. The van der Waals surface area contributed by atoms with Gasteiger partial charge in [-0.1, -0.05) is 58.0 Å². The first-order valence-electron chi connectivity index (χ1n) is 12.8. The third-order valence-electron chi connectivity index (χ3n) is 6.20. The number of ether oxygens (including phenoxy) is 2. The number of aromatic nitrogens is 1. The molecule has 0 fully saturated rings. The number of amides is 1. The first kappa shape index (κ1) is 28.4. The molecule has 0 unspecified atom stereocenters. The number of benzene rings is 3. The summed E-state index contributed by atoms with van der Waals surface area (Å²) >= 11 is 0. The van der Waals surface area contributed by atoms with E-state index in [1.54, 1.807) is 30.3 Å². The Kier molecular flexibility index (Phi) is 9.61. The van der Waals surface area contributed by atoms with Crippen LogP contribution >= 0.6 is 0 Å². The quantitative estimate of drug-likeness (QED) is 0.245. The number of carbonyl (C=O) groups excluding carboxylic acids is 2. The lowest BCUT2D eigenvalue weighted by Crippen LogP contribution is -2.34. The van der Waals surface area contributed by atoms with Crippen molar-refractivity contribution in [3.63, 3.8) is 0 Å². The van der Waals surface area contributed by atoms with Crippen molar-refractivity contribution in [1.82, 2.24) is 4.98 Å². The average Bonchev–Trinajstić information content (AvgIpc) is 2.95. The number of nitrogens with zero attached hydrogens (tertiary/aromatic N) is 2. The van der Waals surface area contributed by atoms with Crippen LogP contribution in [0.4, 0.5) is 5.82 Å². The minimum absolute atomic E-state index is 0.0260. The molecule has 4 rings (SSSR count). The van der Waals surface area contributed by atoms with Crippen LogP contribution in [0.1, 0.15) is 49.2 Å². The van der Waals surface area contributed by atoms with Crippen molar-refractivity contribution in [2.24, 2.45) is 5.92 Å². The van der Waals surface area contributed by atoms with Crippen molar-refractivity contribution in [3.8, 4) is 16.9 Å². The lowest BCUT2D eigenvalue weighted by atomic mass is 10.0. The van der Waals surface area contributed by atoms with Crippen LogP contribution in [-0.4, -0.2) is 31.1 Å². The molecular weight excluding hydrogens is 476 g/mol. The van der Waals surface area contributed by atoms with Gasteiger partial charge in [0.25, 0.3) is 0 Å². The molecule has 0 bridgehead atoms. The van der Waals surface area contributed by atoms with E-state index in [2.05, 4.69) is 23.2 Å². The molecule has 0 spiro atoms. The molecule has 0 saturated heterocycles. The number of hydrogen-bond donors (Lipinski definition) is 0. The smallest absolute Gasteiger partial charge is 0.337 e. The number of anilines is 1. The highest BCUT2D eigenvalue weighted by molar-refractivity contribution is 6.04. The van der Waals surface area contributed by atoms with Crippen LogP contribution in [0.15, 0.2) is 72.9 Å². The maximum atomic E-state index is 13.3. The summed E-state index contributed by atoms with van der Waals surface area (Å²) in [6.07, 6.45) is 1.66. The van der Waals surface area contributed by atoms with Crippen LogP contribution in [0.25, 0.3) is 21.9 Å². The van der Waals surface area contributed by atoms with Gasteiger partial charge in [-0.15, -0.1) is 0 Å². The van der Waals surface area contributed by atoms with Gasteiger partial charge in [0.05, 0.1) is 26.3 Å². The van der Waals surface area contributed by atoms with Gasteiger partial charge >= 0.3 is 5.97 Å². The second-order valence-corrected chi connectivity index (χ2v) is 9.02. The van der Waals surface area contributed by atoms with Gasteiger partial charge in [-0.25, -0.2) is 9.78 Å². The molecule has 0 radical (unpaired) electrons. The second-order valence-electron chi connectivity index (χ2n) is 9.02. The van der Waals surface area contributed by atoms with Gasteiger partial charge in [0.15, 0.2) is 0 Å². The van der Waals surface area contributed by atoms with E-state index in [1.807, 2.05) is 71.0 Å². The molecule has 4 aromatic rings. The van der Waals surface area contributed by atoms with E-state index >= 15 is 0 Å². The third-order valence-corrected chi connectivity index (χ3v) is 6.20. The zero-order valence-electron chi connectivity index (χ0n) is 23.2. The molecule has 0 N–H and O–H groups in total. The first-order valence-corrected chi connectivity index (χ1v) is 12.8. The minimum atomic E-state index is -0.405. The standard InChI is InChI=1S/C30H30N2O4.C2H6/c1-19(2)29(33)32(28-26-12-10-25(30(34)36-5)17-24(26)14-15-31-28)18-21-6-8-22(9-7-21)23-11-13-27(35-4)20(3)16-23;1-2/h6-17,19H,18H2,1-5H3;1-2H3. The number of pyridine rings is 1. The molecule has 6 nitrogen and oxygen atoms in total. The average molecular weight is 513 g/mol. The molecule has 6 heteroatoms. The molecular formula is C32H36N2O4. The van der Waals surface area contributed by atoms with E-state index < -0.39 is 5.97 Å². The van der Waals surface area contributed by atoms with Crippen LogP contribution in [0.5, 0.6) is 5.75 Å². The molecule has 38 heavy (non-hydrogen) atoms. The fourth-order valence-corrected chi connectivity index (χ4v) is 4.23. The van der Waals surface area contributed by atoms with Crippen molar-refractivity contribution in [1.29, 1.82) is 0 Å². The van der Waals surface area contributed by atoms with Gasteiger partial charge in [-0.3, -0.25) is 9.69 Å². The molecule has 0 aliphatic carbocycles. The summed E-state index contributed by atoms with van der Waals surface area (Å²) < 4.78 is 10.2. The third kappa shape index (κ3) is 6.20. The Hall–Kier alpha value is -4.19. The van der Waals surface area contributed by atoms with Crippen LogP contribution in [0.3, 0.4) is 0 Å². The number of hydrogen-bond acceptors (Lipinski definition) is 5. The Morgan fingerprint density at radius 1 is 0.895 bits per heavy atom. The summed E-state index contributed by atoms with van der Waals surface area (Å²) in [4.78, 5) is 31.6. The number of rotatable bonds is 7. The summed E-state index contributed by atoms with van der Waals surface area (Å²) in [5.41, 5.74) is 4.71. The highest BCUT2D eigenvalue weighted by atomic mass is 16.5. The van der Waals surface area contributed by atoms with Crippen molar-refractivity contribution in [2.45, 2.75) is 41.2 Å². The topological polar surface area (TPSA) is 68.7 Å². The molecule has 1 amide bonds. The summed E-state index contributed by atoms with van der Waals surface area (Å²) in [5.74, 6) is 0.786. The lowest BCUT2D eigenvalue weighted by molar-refractivity contribution is -0.121. The van der Waals surface area contributed by atoms with E-state index in [0.717, 1.165) is 38.8 Å². The van der Waals surface area contributed by atoms with Crippen molar-refractivity contribution in [2.75, 3.05) is 19.1 Å². The Morgan fingerprint density at radius 2 is 1.58 bits per heavy atom. The number of esters is 1. The number of carbonyl (C=O) groups is 2. The number of fused-ring (bicyclic) bond motifs is 1. The van der Waals surface area contributed by atoms with Crippen LogP contribution < -0.4 is 9.64 Å². The molecule has 0 aliphatic heterocycles. The second kappa shape index (κ2) is 12.9. The zero-order chi connectivity index (χ0) is 27.8. The summed E-state index contributed by atoms with van der Waals surface area (Å²) in [6.45, 7) is 10.2. The number of methoxy groups -OCH3 is 2. The van der Waals surface area contributed by atoms with Crippen LogP contribution in [0, 0.1) is 12.8 Å². The summed E-state index contributed by atoms with van der Waals surface area (Å²) in [5, 5.41) is 1.61. The van der Waals surface area contributed by atoms with Crippen LogP contribution in [-0.2, 0) is 16.1 Å². The zero-order valence-corrected chi connectivity index (χ0v) is 23.2. The molecule has 0 aliphatic rings. The minimum Gasteiger partial charge on any atom is -0.496 e. The molecule has 0 saturated carbocycles. The largest absolute Gasteiger partial charge is 0.496 e. The van der Waals surface area contributed by atoms with E-state index in [-0.39, 0.29) is 11.8 Å². The predicted octanol–water partition coefficient (Wildman–Crippen LogP) is 7.22. The highest BCUT2D eigenvalue weighted by Gasteiger charge is 2.23. The van der Waals surface area contributed by atoms with E-state index in [1.165, 1.54) is 7.11 Å². The predicted molar refractivity (Wildman–Crippen MR) is 154 cm³/mol. The van der Waals surface area contributed by atoms with Crippen molar-refractivity contribution >= 4 is 28.5 Å². The van der Waals surface area contributed by atoms with Gasteiger partial charge in [0, 0.05) is 17.5 Å². The molecule has 1 heterocycles. The maximum absolute atomic E-state index is 13.3. The fraction of sp³-hybridized carbons (Fsp3) is 0.281. The van der Waals surface area contributed by atoms with E-state index in [4.69, 9.17) is 9.47 Å². The van der Waals surface area contributed by atoms with Gasteiger partial charge in [-0.05, 0) is 71.0 Å². The van der Waals surface area contributed by atoms with Gasteiger partial charge in [0.2, 0.25) is 5.91 Å². The normalized spacial score (nSPS) is 10.5. The molecule has 3 aromatic carbocycles. The van der Waals surface area contributed by atoms with E-state index in [0.29, 0.717) is 17.9 Å². The Labute approximate surface area is 225 Å². The van der Waals surface area contributed by atoms with Crippen LogP contribution in [0.2, 0.25) is 0 Å². The summed E-state index contributed by atoms with van der Waals surface area (Å²) in [7, 11) is 3.03. The Bertz CT molecular complexity index is 1410. The number of aryl methyl sites for hydroxylation is 1. The monoisotopic (exact) mass is 512 g/mol. The van der Waals surface area contributed by atoms with E-state index in [9.17, 15) is 9.59 Å². The first-order chi connectivity index (χ1) is 18.3. The van der Waals surface area contributed by atoms with Gasteiger partial charge in [0.1, 0.15) is 11.6 Å². The summed E-state index contributed by atoms with van der Waals surface area (Å²) in [6, 6.07) is 21.4. The molecule has 1 aromatic heterocycles. The Morgan fingerprint density at radius 3 is 2.18 bits per heavy atom. The maximum Gasteiger partial charge on any atom is 0.337 e. The van der Waals surface area contributed by atoms with Crippen molar-refractivity contribution in [3.05, 3.63) is 89.6 Å². The molecule has 198 valence electrons. The Balaban J connectivity index is 0.00000195. The van der Waals surface area contributed by atoms with Gasteiger partial charge < -0.3 is 9.47 Å². The SMILES string of the molecule is CC.COC(=O)c1ccc2c(N(Cc3ccc(-c4ccc(OC)c(C)c4)cc3)C(=O)C(C)C)nccc2c1. The van der Waals surface area contributed by atoms with Gasteiger partial charge in [-0.2, -0.15) is 0 Å². The van der Waals surface area contributed by atoms with Crippen molar-refractivity contribution < 1.29 is 19.1 Å².